The first-order chi connectivity index (χ1) is 17.4. The third-order valence-electron chi connectivity index (χ3n) is 6.89. The smallest absolute Gasteiger partial charge is 0.295 e. The van der Waals surface area contributed by atoms with E-state index in [9.17, 15) is 18.8 Å². The van der Waals surface area contributed by atoms with Crippen molar-refractivity contribution in [1.29, 1.82) is 0 Å². The second-order valence-electron chi connectivity index (χ2n) is 8.91. The van der Waals surface area contributed by atoms with Crippen molar-refractivity contribution in [2.45, 2.75) is 31.3 Å². The molecule has 2 aliphatic rings. The van der Waals surface area contributed by atoms with E-state index in [2.05, 4.69) is 9.97 Å². The molecule has 0 bridgehead atoms. The van der Waals surface area contributed by atoms with Gasteiger partial charge in [-0.25, -0.2) is 15.2 Å². The Morgan fingerprint density at radius 1 is 1.19 bits per heavy atom. The van der Waals surface area contributed by atoms with E-state index in [-0.39, 0.29) is 40.3 Å². The van der Waals surface area contributed by atoms with Gasteiger partial charge in [0.1, 0.15) is 0 Å². The number of β-lactam (4-membered cyclic amide) rings is 1. The highest BCUT2D eigenvalue weighted by Gasteiger charge is 2.43. The molecule has 1 atom stereocenters. The maximum atomic E-state index is 14.7. The summed E-state index contributed by atoms with van der Waals surface area (Å²) in [7, 11) is 0. The topological polar surface area (TPSA) is 142 Å². The molecule has 3 aromatic rings. The van der Waals surface area contributed by atoms with Crippen molar-refractivity contribution >= 4 is 34.3 Å². The van der Waals surface area contributed by atoms with Crippen molar-refractivity contribution in [3.63, 3.8) is 0 Å². The molecule has 0 spiro atoms. The first-order valence-electron chi connectivity index (χ1n) is 11.7. The van der Waals surface area contributed by atoms with Crippen LogP contribution >= 0.6 is 0 Å². The number of aromatic amines is 1. The molecule has 2 fully saturated rings. The Kier molecular flexibility index (Phi) is 6.15. The molecule has 4 heterocycles. The summed E-state index contributed by atoms with van der Waals surface area (Å²) in [6, 6.07) is 9.92. The van der Waals surface area contributed by atoms with Crippen LogP contribution in [0.4, 0.5) is 10.2 Å². The normalized spacial score (nSPS) is 18.6. The lowest BCUT2D eigenvalue weighted by molar-refractivity contribution is -0.152. The molecule has 5 N–H and O–H groups in total. The van der Waals surface area contributed by atoms with E-state index in [1.165, 1.54) is 23.5 Å². The Labute approximate surface area is 206 Å². The number of fused-ring (bicyclic) bond motifs is 1. The van der Waals surface area contributed by atoms with Gasteiger partial charge in [0.25, 0.3) is 11.7 Å². The molecule has 2 saturated heterocycles. The fourth-order valence-electron chi connectivity index (χ4n) is 5.08. The highest BCUT2D eigenvalue weighted by atomic mass is 19.1. The number of likely N-dealkylation sites (tertiary alicyclic amines) is 2. The molecular formula is C25H26FN7O3. The molecule has 2 aliphatic heterocycles. The van der Waals surface area contributed by atoms with Gasteiger partial charge >= 0.3 is 0 Å². The largest absolute Gasteiger partial charge is 0.403 e. The number of ketones is 1. The van der Waals surface area contributed by atoms with Gasteiger partial charge in [-0.15, -0.1) is 0 Å². The lowest BCUT2D eigenvalue weighted by atomic mass is 9.88. The van der Waals surface area contributed by atoms with Gasteiger partial charge in [-0.3, -0.25) is 19.4 Å². The van der Waals surface area contributed by atoms with Crippen LogP contribution in [0.3, 0.4) is 0 Å². The van der Waals surface area contributed by atoms with Gasteiger partial charge in [0.2, 0.25) is 5.91 Å². The number of anilines is 1. The maximum Gasteiger partial charge on any atom is 0.295 e. The Hall–Kier alpha value is -4.25. The van der Waals surface area contributed by atoms with Crippen LogP contribution in [0.15, 0.2) is 55.1 Å². The summed E-state index contributed by atoms with van der Waals surface area (Å²) < 4.78 is 14.7. The molecule has 186 valence electrons. The molecule has 11 heteroatoms. The minimum atomic E-state index is -0.823. The van der Waals surface area contributed by atoms with Crippen LogP contribution in [0.25, 0.3) is 10.9 Å². The molecular weight excluding hydrogens is 465 g/mol. The number of nitrogens with two attached hydrogens (primary N) is 2. The van der Waals surface area contributed by atoms with E-state index in [4.69, 9.17) is 11.6 Å². The first kappa shape index (κ1) is 23.5. The van der Waals surface area contributed by atoms with Crippen LogP contribution in [0, 0.1) is 5.82 Å². The van der Waals surface area contributed by atoms with Crippen LogP contribution < -0.4 is 16.6 Å². The summed E-state index contributed by atoms with van der Waals surface area (Å²) in [5.74, 6) is 3.82. The van der Waals surface area contributed by atoms with Crippen LogP contribution in [-0.2, 0) is 9.59 Å². The van der Waals surface area contributed by atoms with E-state index in [0.717, 1.165) is 16.8 Å². The van der Waals surface area contributed by atoms with E-state index < -0.39 is 17.5 Å². The molecule has 10 nitrogen and oxygen atoms in total. The quantitative estimate of drug-likeness (QED) is 0.157. The Morgan fingerprint density at radius 2 is 1.92 bits per heavy atom. The monoisotopic (exact) mass is 491 g/mol. The summed E-state index contributed by atoms with van der Waals surface area (Å²) in [5, 5.41) is 1.02. The number of hydrogen-bond donors (Lipinski definition) is 3. The lowest BCUT2D eigenvalue weighted by Crippen LogP contribution is -2.56. The number of amides is 2. The zero-order valence-electron chi connectivity index (χ0n) is 19.4. The van der Waals surface area contributed by atoms with E-state index in [1.54, 1.807) is 0 Å². The number of piperidine rings is 1. The fraction of sp³-hybridized carbons (Fsp3) is 0.280. The summed E-state index contributed by atoms with van der Waals surface area (Å²) in [6.45, 7) is 0.659. The number of carbonyl (C=O) groups excluding carboxylic acids is 3. The van der Waals surface area contributed by atoms with Gasteiger partial charge in [-0.05, 0) is 18.4 Å². The number of halogens is 1. The minimum absolute atomic E-state index is 0.000844. The lowest BCUT2D eigenvalue weighted by Gasteiger charge is -2.48. The zero-order valence-corrected chi connectivity index (χ0v) is 19.4. The van der Waals surface area contributed by atoms with Gasteiger partial charge in [0.05, 0.1) is 35.1 Å². The Morgan fingerprint density at radius 3 is 2.58 bits per heavy atom. The number of nitrogens with one attached hydrogen (secondary N) is 1. The summed E-state index contributed by atoms with van der Waals surface area (Å²) in [5.41, 5.74) is 6.54. The van der Waals surface area contributed by atoms with E-state index >= 15 is 0 Å². The van der Waals surface area contributed by atoms with Crippen molar-refractivity contribution in [2.75, 3.05) is 18.1 Å². The van der Waals surface area contributed by atoms with Crippen molar-refractivity contribution in [3.8, 4) is 0 Å². The molecule has 1 unspecified atom stereocenters. The number of H-pyrrole nitrogens is 1. The Bertz CT molecular complexity index is 1350. The van der Waals surface area contributed by atoms with Gasteiger partial charge in [-0.2, -0.15) is 0 Å². The van der Waals surface area contributed by atoms with Gasteiger partial charge in [-0.1, -0.05) is 30.3 Å². The predicted octanol–water partition coefficient (Wildman–Crippen LogP) is 1.96. The van der Waals surface area contributed by atoms with Crippen LogP contribution in [0.5, 0.6) is 0 Å². The minimum Gasteiger partial charge on any atom is -0.403 e. The molecule has 0 aliphatic carbocycles. The molecule has 0 saturated carbocycles. The maximum absolute atomic E-state index is 14.7. The molecule has 2 amide bonds. The third-order valence-corrected chi connectivity index (χ3v) is 6.89. The third kappa shape index (κ3) is 3.97. The number of carbonyl (C=O) groups is 3. The van der Waals surface area contributed by atoms with Gasteiger partial charge < -0.3 is 20.5 Å². The number of benzene rings is 1. The predicted molar refractivity (Wildman–Crippen MR) is 131 cm³/mol. The van der Waals surface area contributed by atoms with Crippen LogP contribution in [0.1, 0.15) is 41.2 Å². The zero-order chi connectivity index (χ0) is 25.4. The van der Waals surface area contributed by atoms with E-state index in [1.807, 2.05) is 35.2 Å². The molecule has 5 rings (SSSR count). The van der Waals surface area contributed by atoms with Crippen molar-refractivity contribution < 1.29 is 18.8 Å². The summed E-state index contributed by atoms with van der Waals surface area (Å²) >= 11 is 0. The number of hydrogen-bond acceptors (Lipinski definition) is 7. The number of aromatic nitrogens is 2. The summed E-state index contributed by atoms with van der Waals surface area (Å²) in [6.07, 6.45) is 6.35. The number of hydrazine groups is 1. The highest BCUT2D eigenvalue weighted by molar-refractivity contribution is 6.45. The van der Waals surface area contributed by atoms with Crippen LogP contribution in [0.2, 0.25) is 0 Å². The number of rotatable bonds is 6. The second-order valence-corrected chi connectivity index (χ2v) is 8.91. The van der Waals surface area contributed by atoms with Gasteiger partial charge in [0, 0.05) is 37.7 Å². The molecule has 0 radical (unpaired) electrons. The molecule has 2 aromatic heterocycles. The average Bonchev–Trinajstić information content (AvgIpc) is 3.34. The van der Waals surface area contributed by atoms with Crippen molar-refractivity contribution in [2.24, 2.45) is 11.6 Å². The van der Waals surface area contributed by atoms with Crippen molar-refractivity contribution in [3.05, 3.63) is 72.1 Å². The number of nitrogens with zero attached hydrogens (tertiary/aromatic N) is 4. The average molecular weight is 492 g/mol. The molecule has 36 heavy (non-hydrogen) atoms. The first-order valence-corrected chi connectivity index (χ1v) is 11.7. The van der Waals surface area contributed by atoms with Crippen molar-refractivity contribution in [1.82, 2.24) is 19.8 Å². The standard InChI is InChI=1S/C25H26FN7O3/c26-18-14-30-24(32(28)11-8-27)22-21(18)17(13-29-22)23(35)25(36)31-9-6-16(7-10-31)33-19(12-20(33)34)15-4-2-1-3-5-15/h1-5,8,11,13-14,16,19,29H,6-7,9-10,12,27-28H2/b11-8-. The highest BCUT2D eigenvalue weighted by Crippen LogP contribution is 2.39. The Balaban J connectivity index is 1.30. The SMILES string of the molecule is N/C=C\N(N)c1ncc(F)c2c(C(=O)C(=O)N3CCC(N4C(=O)CC4c4ccccc4)CC3)c[nH]c12. The second kappa shape index (κ2) is 9.42. The van der Waals surface area contributed by atoms with Crippen LogP contribution in [-0.4, -0.2) is 56.5 Å². The molecule has 1 aromatic carbocycles. The number of Topliss-reactive ketones (excluding diaryl/α,β-unsaturated/α-hetero) is 1. The fourth-order valence-corrected chi connectivity index (χ4v) is 5.08. The summed E-state index contributed by atoms with van der Waals surface area (Å²) in [4.78, 5) is 48.7. The number of pyridine rings is 1. The van der Waals surface area contributed by atoms with Gasteiger partial charge in [0.15, 0.2) is 11.6 Å². The van der Waals surface area contributed by atoms with E-state index in [0.29, 0.717) is 32.4 Å².